The number of likely N-dealkylation sites (N-methyl/N-ethyl adjacent to an activating group) is 1. The Morgan fingerprint density at radius 2 is 1.95 bits per heavy atom. The molecule has 2 rings (SSSR count). The van der Waals surface area contributed by atoms with E-state index in [0.717, 1.165) is 24.3 Å². The number of anilines is 1. The Bertz CT molecular complexity index is 480. The zero-order chi connectivity index (χ0) is 14.5. The zero-order valence-electron chi connectivity index (χ0n) is 11.9. The molecule has 1 saturated carbocycles. The number of carbonyl (C=O) groups is 2. The number of rotatable bonds is 6. The number of hydrogen-bond donors (Lipinski definition) is 1. The van der Waals surface area contributed by atoms with Crippen LogP contribution in [0.3, 0.4) is 0 Å². The highest BCUT2D eigenvalue weighted by atomic mass is 16.5. The molecule has 0 saturated heterocycles. The molecule has 1 N–H and O–H groups in total. The van der Waals surface area contributed by atoms with Crippen LogP contribution in [0.2, 0.25) is 0 Å². The van der Waals surface area contributed by atoms with Gasteiger partial charge in [-0.2, -0.15) is 0 Å². The van der Waals surface area contributed by atoms with Crippen molar-refractivity contribution in [2.75, 3.05) is 25.5 Å². The molecule has 20 heavy (non-hydrogen) atoms. The van der Waals surface area contributed by atoms with Crippen molar-refractivity contribution >= 4 is 17.5 Å². The predicted octanol–water partition coefficient (Wildman–Crippen LogP) is 1.89. The van der Waals surface area contributed by atoms with Gasteiger partial charge in [-0.1, -0.05) is 0 Å². The maximum atomic E-state index is 11.6. The summed E-state index contributed by atoms with van der Waals surface area (Å²) in [5.41, 5.74) is 0.787. The van der Waals surface area contributed by atoms with E-state index in [9.17, 15) is 9.59 Å². The summed E-state index contributed by atoms with van der Waals surface area (Å²) in [6.07, 6.45) is 1.99. The quantitative estimate of drug-likeness (QED) is 0.863. The van der Waals surface area contributed by atoms with E-state index >= 15 is 0 Å². The molecule has 0 bridgehead atoms. The highest BCUT2D eigenvalue weighted by molar-refractivity contribution is 5.94. The number of ether oxygens (including phenoxy) is 1. The molecule has 1 aromatic carbocycles. The molecule has 0 unspecified atom stereocenters. The van der Waals surface area contributed by atoms with Gasteiger partial charge in [-0.3, -0.25) is 9.59 Å². The lowest BCUT2D eigenvalue weighted by molar-refractivity contribution is -0.127. The first-order valence-electron chi connectivity index (χ1n) is 6.81. The van der Waals surface area contributed by atoms with Crippen molar-refractivity contribution < 1.29 is 14.3 Å². The maximum Gasteiger partial charge on any atom is 0.227 e. The van der Waals surface area contributed by atoms with Crippen molar-refractivity contribution in [3.05, 3.63) is 24.3 Å². The fourth-order valence-electron chi connectivity index (χ4n) is 1.68. The van der Waals surface area contributed by atoms with Crippen LogP contribution >= 0.6 is 0 Å². The summed E-state index contributed by atoms with van der Waals surface area (Å²) >= 11 is 0. The fourth-order valence-corrected chi connectivity index (χ4v) is 1.68. The molecule has 0 atom stereocenters. The summed E-state index contributed by atoms with van der Waals surface area (Å²) < 4.78 is 5.54. The lowest BCUT2D eigenvalue weighted by Gasteiger charge is -2.15. The molecule has 1 aromatic rings. The smallest absolute Gasteiger partial charge is 0.227 e. The third kappa shape index (κ3) is 4.26. The third-order valence-corrected chi connectivity index (χ3v) is 3.30. The average Bonchev–Trinajstić information content (AvgIpc) is 3.24. The van der Waals surface area contributed by atoms with Crippen LogP contribution in [0.5, 0.6) is 5.75 Å². The second kappa shape index (κ2) is 6.41. The molecule has 5 nitrogen and oxygen atoms in total. The first-order chi connectivity index (χ1) is 9.56. The van der Waals surface area contributed by atoms with Gasteiger partial charge in [0, 0.05) is 25.6 Å². The molecule has 1 fully saturated rings. The molecule has 0 spiro atoms. The summed E-state index contributed by atoms with van der Waals surface area (Å²) in [6.45, 7) is 2.52. The van der Waals surface area contributed by atoms with Crippen LogP contribution in [0.1, 0.15) is 19.8 Å². The van der Waals surface area contributed by atoms with Gasteiger partial charge in [0.15, 0.2) is 0 Å². The van der Waals surface area contributed by atoms with E-state index in [-0.39, 0.29) is 17.7 Å². The van der Waals surface area contributed by atoms with Gasteiger partial charge in [0.2, 0.25) is 11.8 Å². The first-order valence-corrected chi connectivity index (χ1v) is 6.81. The van der Waals surface area contributed by atoms with Gasteiger partial charge in [-0.25, -0.2) is 0 Å². The van der Waals surface area contributed by atoms with Crippen molar-refractivity contribution in [2.45, 2.75) is 19.8 Å². The van der Waals surface area contributed by atoms with Crippen molar-refractivity contribution in [2.24, 2.45) is 5.92 Å². The van der Waals surface area contributed by atoms with Crippen LogP contribution < -0.4 is 10.1 Å². The van der Waals surface area contributed by atoms with Crippen LogP contribution in [0.25, 0.3) is 0 Å². The third-order valence-electron chi connectivity index (χ3n) is 3.30. The van der Waals surface area contributed by atoms with Crippen molar-refractivity contribution in [3.8, 4) is 5.75 Å². The highest BCUT2D eigenvalue weighted by Crippen LogP contribution is 2.30. The number of nitrogens with one attached hydrogen (secondary N) is 1. The van der Waals surface area contributed by atoms with Gasteiger partial charge in [0.25, 0.3) is 0 Å². The molecule has 1 aliphatic rings. The minimum atomic E-state index is 0.0201. The number of amides is 2. The Labute approximate surface area is 118 Å². The van der Waals surface area contributed by atoms with Crippen molar-refractivity contribution in [1.29, 1.82) is 0 Å². The molecule has 1 aliphatic carbocycles. The second-order valence-electron chi connectivity index (χ2n) is 5.08. The Balaban J connectivity index is 1.76. The molecule has 108 valence electrons. The molecular weight excluding hydrogens is 256 g/mol. The van der Waals surface area contributed by atoms with Gasteiger partial charge >= 0.3 is 0 Å². The summed E-state index contributed by atoms with van der Waals surface area (Å²) in [4.78, 5) is 24.2. The Kier molecular flexibility index (Phi) is 4.61. The van der Waals surface area contributed by atoms with Crippen molar-refractivity contribution in [3.63, 3.8) is 0 Å². The Hall–Kier alpha value is -2.04. The predicted molar refractivity (Wildman–Crippen MR) is 76.6 cm³/mol. The zero-order valence-corrected chi connectivity index (χ0v) is 11.9. The van der Waals surface area contributed by atoms with Crippen LogP contribution in [0, 0.1) is 5.92 Å². The van der Waals surface area contributed by atoms with Crippen molar-refractivity contribution in [1.82, 2.24) is 4.90 Å². The van der Waals surface area contributed by atoms with Gasteiger partial charge in [0.1, 0.15) is 12.4 Å². The summed E-state index contributed by atoms with van der Waals surface area (Å²) in [5.74, 6) is 1.05. The SMILES string of the molecule is CC(=O)N(C)CCOc1ccc(NC(=O)C2CC2)cc1. The number of benzene rings is 1. The van der Waals surface area contributed by atoms with E-state index < -0.39 is 0 Å². The summed E-state index contributed by atoms with van der Waals surface area (Å²) in [7, 11) is 1.74. The van der Waals surface area contributed by atoms with E-state index in [2.05, 4.69) is 5.32 Å². The average molecular weight is 276 g/mol. The summed E-state index contributed by atoms with van der Waals surface area (Å²) in [6, 6.07) is 7.28. The number of carbonyl (C=O) groups excluding carboxylic acids is 2. The standard InChI is InChI=1S/C15H20N2O3/c1-11(18)17(2)9-10-20-14-7-5-13(6-8-14)16-15(19)12-3-4-12/h5-8,12H,3-4,9-10H2,1-2H3,(H,16,19). The molecular formula is C15H20N2O3. The van der Waals surface area contributed by atoms with E-state index in [0.29, 0.717) is 13.2 Å². The van der Waals surface area contributed by atoms with Gasteiger partial charge in [0.05, 0.1) is 6.54 Å². The Morgan fingerprint density at radius 1 is 1.30 bits per heavy atom. The monoisotopic (exact) mass is 276 g/mol. The lowest BCUT2D eigenvalue weighted by Crippen LogP contribution is -2.28. The van der Waals surface area contributed by atoms with E-state index in [1.807, 2.05) is 24.3 Å². The van der Waals surface area contributed by atoms with E-state index in [1.54, 1.807) is 11.9 Å². The largest absolute Gasteiger partial charge is 0.492 e. The summed E-state index contributed by atoms with van der Waals surface area (Å²) in [5, 5.41) is 2.87. The number of hydrogen-bond acceptors (Lipinski definition) is 3. The minimum absolute atomic E-state index is 0.0201. The molecule has 0 radical (unpaired) electrons. The normalized spacial score (nSPS) is 13.7. The molecule has 0 aromatic heterocycles. The van der Waals surface area contributed by atoms with Crippen LogP contribution in [-0.4, -0.2) is 36.9 Å². The van der Waals surface area contributed by atoms with Gasteiger partial charge in [-0.05, 0) is 37.1 Å². The van der Waals surface area contributed by atoms with Crippen LogP contribution in [0.4, 0.5) is 5.69 Å². The van der Waals surface area contributed by atoms with E-state index in [1.165, 1.54) is 6.92 Å². The maximum absolute atomic E-state index is 11.6. The molecule has 0 heterocycles. The molecule has 5 heteroatoms. The fraction of sp³-hybridized carbons (Fsp3) is 0.467. The van der Waals surface area contributed by atoms with Crippen LogP contribution in [0.15, 0.2) is 24.3 Å². The van der Waals surface area contributed by atoms with Crippen LogP contribution in [-0.2, 0) is 9.59 Å². The van der Waals surface area contributed by atoms with Gasteiger partial charge < -0.3 is 15.0 Å². The Morgan fingerprint density at radius 3 is 2.50 bits per heavy atom. The molecule has 2 amide bonds. The first kappa shape index (κ1) is 14.4. The highest BCUT2D eigenvalue weighted by Gasteiger charge is 2.29. The van der Waals surface area contributed by atoms with Gasteiger partial charge in [-0.15, -0.1) is 0 Å². The van der Waals surface area contributed by atoms with E-state index in [4.69, 9.17) is 4.74 Å². The minimum Gasteiger partial charge on any atom is -0.492 e. The molecule has 0 aliphatic heterocycles. The number of nitrogens with zero attached hydrogens (tertiary/aromatic N) is 1. The lowest BCUT2D eigenvalue weighted by atomic mass is 10.3. The second-order valence-corrected chi connectivity index (χ2v) is 5.08. The topological polar surface area (TPSA) is 58.6 Å².